The van der Waals surface area contributed by atoms with E-state index >= 15 is 0 Å². The first-order valence-corrected chi connectivity index (χ1v) is 23.4. The van der Waals surface area contributed by atoms with Gasteiger partial charge in [0.15, 0.2) is 0 Å². The monoisotopic (exact) mass is 872 g/mol. The van der Waals surface area contributed by atoms with E-state index in [4.69, 9.17) is 5.73 Å². The number of nitrogen functional groups attached to an aromatic ring is 1. The third-order valence-corrected chi connectivity index (χ3v) is 13.1. The molecule has 1 amide bonds. The molecule has 7 rings (SSSR count). The summed E-state index contributed by atoms with van der Waals surface area (Å²) in [6.07, 6.45) is 4.03. The first-order chi connectivity index (χ1) is 30.7. The fourth-order valence-corrected chi connectivity index (χ4v) is 9.58. The van der Waals surface area contributed by atoms with Gasteiger partial charge in [0.1, 0.15) is 11.6 Å². The Morgan fingerprint density at radius 3 is 1.57 bits per heavy atom. The van der Waals surface area contributed by atoms with Crippen molar-refractivity contribution in [2.75, 3.05) is 27.9 Å². The van der Waals surface area contributed by atoms with Gasteiger partial charge in [-0.1, -0.05) is 113 Å². The summed E-state index contributed by atoms with van der Waals surface area (Å²) in [7, 11) is 3.34. The van der Waals surface area contributed by atoms with E-state index in [1.54, 1.807) is 39.6 Å². The molecule has 0 saturated carbocycles. The fourth-order valence-electron chi connectivity index (χ4n) is 6.98. The summed E-state index contributed by atoms with van der Waals surface area (Å²) in [6.45, 7) is 10.4. The second kappa shape index (κ2) is 23.2. The number of carbonyl (C=O) groups is 1. The predicted molar refractivity (Wildman–Crippen MR) is 268 cm³/mol. The molecule has 7 aromatic rings. The topological polar surface area (TPSA) is 98.8 Å². The van der Waals surface area contributed by atoms with Crippen LogP contribution in [0.2, 0.25) is 0 Å². The second-order valence-electron chi connectivity index (χ2n) is 15.1. The zero-order chi connectivity index (χ0) is 44.6. The third-order valence-electron chi connectivity index (χ3n) is 10.2. The lowest BCUT2D eigenvalue weighted by atomic mass is 10.0. The van der Waals surface area contributed by atoms with Crippen LogP contribution in [0.15, 0.2) is 175 Å². The minimum absolute atomic E-state index is 0.0504. The zero-order valence-electron chi connectivity index (χ0n) is 36.7. The van der Waals surface area contributed by atoms with Crippen molar-refractivity contribution in [2.24, 2.45) is 0 Å². The predicted octanol–water partition coefficient (Wildman–Crippen LogP) is 13.6. The molecule has 0 aliphatic carbocycles. The highest BCUT2D eigenvalue weighted by atomic mass is 33.1. The van der Waals surface area contributed by atoms with Crippen molar-refractivity contribution in [3.05, 3.63) is 197 Å². The maximum Gasteiger partial charge on any atom is 0.214 e. The van der Waals surface area contributed by atoms with E-state index in [-0.39, 0.29) is 6.61 Å². The van der Waals surface area contributed by atoms with Crippen LogP contribution in [0.25, 0.3) is 11.1 Å². The van der Waals surface area contributed by atoms with Crippen LogP contribution >= 0.6 is 21.6 Å². The van der Waals surface area contributed by atoms with Crippen molar-refractivity contribution in [1.82, 2.24) is 14.9 Å². The van der Waals surface area contributed by atoms with E-state index in [1.165, 1.54) is 22.3 Å². The molecule has 3 N–H and O–H groups in total. The van der Waals surface area contributed by atoms with Crippen molar-refractivity contribution in [2.45, 2.75) is 54.0 Å². The van der Waals surface area contributed by atoms with E-state index in [1.807, 2.05) is 6.92 Å². The first kappa shape index (κ1) is 46.2. The molecule has 1 aromatic heterocycles. The lowest BCUT2D eigenvalue weighted by Crippen LogP contribution is -2.21. The van der Waals surface area contributed by atoms with Crippen LogP contribution < -0.4 is 15.5 Å². The molecule has 0 aliphatic heterocycles. The van der Waals surface area contributed by atoms with Gasteiger partial charge in [-0.2, -0.15) is 0 Å². The van der Waals surface area contributed by atoms with Gasteiger partial charge in [0, 0.05) is 75.3 Å². The van der Waals surface area contributed by atoms with Crippen LogP contribution in [0.5, 0.6) is 0 Å². The number of anilines is 7. The summed E-state index contributed by atoms with van der Waals surface area (Å²) in [4.78, 5) is 26.9. The summed E-state index contributed by atoms with van der Waals surface area (Å²) in [5, 5.41) is 9.26. The average Bonchev–Trinajstić information content (AvgIpc) is 3.30. The molecule has 0 spiro atoms. The summed E-state index contributed by atoms with van der Waals surface area (Å²) in [5.74, 6) is 2.00. The minimum Gasteiger partial charge on any atom is -0.396 e. The van der Waals surface area contributed by atoms with Gasteiger partial charge in [-0.15, -0.1) is 0 Å². The van der Waals surface area contributed by atoms with E-state index in [0.29, 0.717) is 30.2 Å². The van der Waals surface area contributed by atoms with E-state index in [0.717, 1.165) is 63.3 Å². The lowest BCUT2D eigenvalue weighted by molar-refractivity contribution is -0.116. The summed E-state index contributed by atoms with van der Waals surface area (Å²) < 4.78 is 0. The van der Waals surface area contributed by atoms with Crippen molar-refractivity contribution in [3.8, 4) is 11.1 Å². The normalized spacial score (nSPS) is 11.2. The smallest absolute Gasteiger partial charge is 0.214 e. The highest BCUT2D eigenvalue weighted by Crippen LogP contribution is 2.39. The molecule has 10 heteroatoms. The fraction of sp³-hybridized carbons (Fsp3) is 0.189. The number of carbonyl (C=O) groups excluding carboxylic acids is 1. The maximum atomic E-state index is 11.5. The van der Waals surface area contributed by atoms with Gasteiger partial charge in [0.25, 0.3) is 0 Å². The lowest BCUT2D eigenvalue weighted by Gasteiger charge is -2.26. The maximum absolute atomic E-state index is 11.5. The number of aliphatic hydroxyl groups is 1. The van der Waals surface area contributed by atoms with Crippen LogP contribution in [0, 0.1) is 20.8 Å². The number of hydrogen-bond acceptors (Lipinski definition) is 9. The number of benzene rings is 6. The Labute approximate surface area is 380 Å². The number of amides is 1. The number of aromatic nitrogens is 2. The Morgan fingerprint density at radius 2 is 1.14 bits per heavy atom. The molecule has 0 unspecified atom stereocenters. The Bertz CT molecular complexity index is 2420. The van der Waals surface area contributed by atoms with Crippen LogP contribution in [-0.4, -0.2) is 38.7 Å². The molecule has 63 heavy (non-hydrogen) atoms. The Kier molecular flexibility index (Phi) is 17.0. The quantitative estimate of drug-likeness (QED) is 0.0526. The molecular formula is C53H56N6O2S2. The molecule has 8 nitrogen and oxygen atoms in total. The summed E-state index contributed by atoms with van der Waals surface area (Å²) >= 11 is 0. The molecule has 0 atom stereocenters. The second-order valence-corrected chi connectivity index (χ2v) is 17.6. The SMILES string of the molecule is CCCSS/C(CCO)=C(\C)N(C=O)Cc1cnc(C)nc1N.Cc1cccc(N(c2ccccc2)c2ccc(-c3ccc(N(c4ccccc4)c4cccc(C)c4)cc3)cc2)c1. The first-order valence-electron chi connectivity index (χ1n) is 21.1. The molecular weight excluding hydrogens is 817 g/mol. The van der Waals surface area contributed by atoms with Crippen LogP contribution in [0.4, 0.5) is 39.9 Å². The van der Waals surface area contributed by atoms with Crippen molar-refractivity contribution in [1.29, 1.82) is 0 Å². The van der Waals surface area contributed by atoms with E-state index in [9.17, 15) is 9.90 Å². The molecule has 322 valence electrons. The Morgan fingerprint density at radius 1 is 0.667 bits per heavy atom. The van der Waals surface area contributed by atoms with Gasteiger partial charge < -0.3 is 25.5 Å². The molecule has 6 aromatic carbocycles. The van der Waals surface area contributed by atoms with Gasteiger partial charge in [0.2, 0.25) is 6.41 Å². The number of para-hydroxylation sites is 2. The van der Waals surface area contributed by atoms with E-state index < -0.39 is 0 Å². The molecule has 0 aliphatic rings. The number of nitrogens with zero attached hydrogens (tertiary/aromatic N) is 5. The van der Waals surface area contributed by atoms with Crippen molar-refractivity contribution in [3.63, 3.8) is 0 Å². The van der Waals surface area contributed by atoms with Gasteiger partial charge in [-0.3, -0.25) is 4.79 Å². The minimum atomic E-state index is 0.0504. The summed E-state index contributed by atoms with van der Waals surface area (Å²) in [5.41, 5.74) is 19.1. The number of rotatable bonds is 17. The van der Waals surface area contributed by atoms with E-state index in [2.05, 4.69) is 198 Å². The highest BCUT2D eigenvalue weighted by molar-refractivity contribution is 8.78. The van der Waals surface area contributed by atoms with Crippen LogP contribution in [0.1, 0.15) is 49.2 Å². The van der Waals surface area contributed by atoms with Gasteiger partial charge >= 0.3 is 0 Å². The Balaban J connectivity index is 0.000000246. The number of nitrogens with two attached hydrogens (primary N) is 1. The number of allylic oxidation sites excluding steroid dienone is 1. The van der Waals surface area contributed by atoms with Crippen molar-refractivity contribution < 1.29 is 9.90 Å². The molecule has 0 fully saturated rings. The number of aliphatic hydroxyl groups excluding tert-OH is 1. The van der Waals surface area contributed by atoms with Crippen molar-refractivity contribution >= 4 is 67.9 Å². The number of aryl methyl sites for hydroxylation is 3. The molecule has 0 radical (unpaired) electrons. The van der Waals surface area contributed by atoms with Gasteiger partial charge in [0.05, 0.1) is 6.54 Å². The highest BCUT2D eigenvalue weighted by Gasteiger charge is 2.16. The van der Waals surface area contributed by atoms with Crippen LogP contribution in [0.3, 0.4) is 0 Å². The zero-order valence-corrected chi connectivity index (χ0v) is 38.3. The third kappa shape index (κ3) is 12.6. The number of hydrogen-bond donors (Lipinski definition) is 2. The standard InChI is InChI=1S/C38H32N2.C15H24N4O2S2/c1-29-11-9-17-37(27-29)39(33-13-5-3-6-14-33)35-23-19-31(20-24-35)32-21-25-36(26-22-32)40(34-15-7-4-8-16-34)38-18-10-12-30(2)28-38;1-4-7-22-23-14(5-6-20)11(2)19(10-21)9-13-8-17-12(3)18-15(13)16/h3-28H,1-2H3;8,10,20H,4-7,9H2,1-3H3,(H2,16,17,18)/b;14-11+. The summed E-state index contributed by atoms with van der Waals surface area (Å²) in [6, 6.07) is 56.1. The largest absolute Gasteiger partial charge is 0.396 e. The average molecular weight is 873 g/mol. The molecule has 0 bridgehead atoms. The van der Waals surface area contributed by atoms with Gasteiger partial charge in [-0.05, 0) is 129 Å². The Hall–Kier alpha value is -6.33. The molecule has 1 heterocycles. The van der Waals surface area contributed by atoms with Gasteiger partial charge in [-0.25, -0.2) is 9.97 Å². The van der Waals surface area contributed by atoms with Crippen LogP contribution in [-0.2, 0) is 11.3 Å². The molecule has 0 saturated heterocycles.